The summed E-state index contributed by atoms with van der Waals surface area (Å²) in [5, 5.41) is 14.1. The van der Waals surface area contributed by atoms with Gasteiger partial charge in [0.2, 0.25) is 0 Å². The van der Waals surface area contributed by atoms with Gasteiger partial charge < -0.3 is 9.64 Å². The Kier molecular flexibility index (Phi) is 7.05. The first kappa shape index (κ1) is 23.6. The molecule has 1 atom stereocenters. The SMILES string of the molecule is CC(C)C(C#N)N1CCN(C(=O)c2cc3ccccc3cc2NC(=O)OC(C)(C)C)CC1. The van der Waals surface area contributed by atoms with E-state index in [1.165, 1.54) is 0 Å². The molecule has 1 N–H and O–H groups in total. The van der Waals surface area contributed by atoms with Crippen LogP contribution >= 0.6 is 0 Å². The van der Waals surface area contributed by atoms with E-state index in [4.69, 9.17) is 4.74 Å². The van der Waals surface area contributed by atoms with E-state index >= 15 is 0 Å². The molecule has 0 aromatic heterocycles. The number of rotatable bonds is 4. The van der Waals surface area contributed by atoms with Crippen molar-refractivity contribution in [2.75, 3.05) is 31.5 Å². The lowest BCUT2D eigenvalue weighted by atomic mass is 10.0. The highest BCUT2D eigenvalue weighted by molar-refractivity contribution is 6.07. The fraction of sp³-hybridized carbons (Fsp3) is 0.480. The lowest BCUT2D eigenvalue weighted by Gasteiger charge is -2.38. The molecule has 2 aromatic carbocycles. The lowest BCUT2D eigenvalue weighted by molar-refractivity contribution is 0.0577. The third-order valence-electron chi connectivity index (χ3n) is 5.51. The number of nitriles is 1. The monoisotopic (exact) mass is 436 g/mol. The molecule has 32 heavy (non-hydrogen) atoms. The van der Waals surface area contributed by atoms with Crippen LogP contribution < -0.4 is 5.32 Å². The van der Waals surface area contributed by atoms with Gasteiger partial charge in [-0.05, 0) is 49.6 Å². The Labute approximate surface area is 189 Å². The number of piperazine rings is 1. The van der Waals surface area contributed by atoms with Crippen LogP contribution in [-0.4, -0.2) is 59.6 Å². The minimum absolute atomic E-state index is 0.139. The number of carbonyl (C=O) groups excluding carboxylic acids is 2. The minimum Gasteiger partial charge on any atom is -0.444 e. The normalized spacial score (nSPS) is 16.0. The van der Waals surface area contributed by atoms with E-state index in [1.807, 2.05) is 50.2 Å². The van der Waals surface area contributed by atoms with Crippen LogP contribution in [-0.2, 0) is 4.74 Å². The van der Waals surface area contributed by atoms with Gasteiger partial charge in [0.15, 0.2) is 0 Å². The summed E-state index contributed by atoms with van der Waals surface area (Å²) >= 11 is 0. The summed E-state index contributed by atoms with van der Waals surface area (Å²) in [4.78, 5) is 29.8. The number of nitrogens with one attached hydrogen (secondary N) is 1. The number of hydrogen-bond donors (Lipinski definition) is 1. The van der Waals surface area contributed by atoms with Crippen molar-refractivity contribution in [2.24, 2.45) is 5.92 Å². The first-order valence-corrected chi connectivity index (χ1v) is 11.0. The average Bonchev–Trinajstić information content (AvgIpc) is 2.72. The third kappa shape index (κ3) is 5.57. The molecule has 1 aliphatic heterocycles. The molecule has 1 fully saturated rings. The molecule has 7 nitrogen and oxygen atoms in total. The van der Waals surface area contributed by atoms with Gasteiger partial charge in [-0.2, -0.15) is 5.26 Å². The van der Waals surface area contributed by atoms with E-state index in [-0.39, 0.29) is 17.9 Å². The van der Waals surface area contributed by atoms with Crippen molar-refractivity contribution >= 4 is 28.5 Å². The van der Waals surface area contributed by atoms with Crippen molar-refractivity contribution in [1.82, 2.24) is 9.80 Å². The van der Waals surface area contributed by atoms with Crippen molar-refractivity contribution in [3.63, 3.8) is 0 Å². The molecule has 0 aliphatic carbocycles. The van der Waals surface area contributed by atoms with Gasteiger partial charge in [0.1, 0.15) is 11.6 Å². The summed E-state index contributed by atoms with van der Waals surface area (Å²) in [6.07, 6.45) is -0.597. The Balaban J connectivity index is 1.84. The van der Waals surface area contributed by atoms with Gasteiger partial charge in [-0.3, -0.25) is 15.0 Å². The van der Waals surface area contributed by atoms with Crippen LogP contribution in [0.4, 0.5) is 10.5 Å². The number of anilines is 1. The van der Waals surface area contributed by atoms with Crippen molar-refractivity contribution < 1.29 is 14.3 Å². The lowest BCUT2D eigenvalue weighted by Crippen LogP contribution is -2.52. The van der Waals surface area contributed by atoms with Crippen LogP contribution in [0, 0.1) is 17.2 Å². The van der Waals surface area contributed by atoms with Gasteiger partial charge in [-0.25, -0.2) is 4.79 Å². The number of nitrogens with zero attached hydrogens (tertiary/aromatic N) is 3. The standard InChI is InChI=1S/C25H32N4O3/c1-17(2)22(16-26)28-10-12-29(13-11-28)23(30)20-14-18-8-6-7-9-19(18)15-21(20)27-24(31)32-25(3,4)5/h6-9,14-15,17,22H,10-13H2,1-5H3,(H,27,31). The average molecular weight is 437 g/mol. The Morgan fingerprint density at radius 3 is 2.19 bits per heavy atom. The van der Waals surface area contributed by atoms with Crippen LogP contribution in [0.5, 0.6) is 0 Å². The molecule has 2 aromatic rings. The number of benzene rings is 2. The molecule has 1 aliphatic rings. The summed E-state index contributed by atoms with van der Waals surface area (Å²) in [6.45, 7) is 11.8. The topological polar surface area (TPSA) is 85.7 Å². The Hall–Kier alpha value is -3.11. The quantitative estimate of drug-likeness (QED) is 0.763. The van der Waals surface area contributed by atoms with Gasteiger partial charge >= 0.3 is 6.09 Å². The largest absolute Gasteiger partial charge is 0.444 e. The molecule has 7 heteroatoms. The van der Waals surface area contributed by atoms with Crippen molar-refractivity contribution in [2.45, 2.75) is 46.3 Å². The molecule has 1 saturated heterocycles. The molecular formula is C25H32N4O3. The highest BCUT2D eigenvalue weighted by atomic mass is 16.6. The maximum absolute atomic E-state index is 13.5. The Morgan fingerprint density at radius 1 is 1.06 bits per heavy atom. The number of fused-ring (bicyclic) bond motifs is 1. The fourth-order valence-corrected chi connectivity index (χ4v) is 3.96. The zero-order valence-electron chi connectivity index (χ0n) is 19.5. The molecule has 0 saturated carbocycles. The summed E-state index contributed by atoms with van der Waals surface area (Å²) in [5.41, 5.74) is 0.223. The summed E-state index contributed by atoms with van der Waals surface area (Å²) in [5.74, 6) is 0.0897. The molecule has 3 rings (SSSR count). The van der Waals surface area contributed by atoms with E-state index in [2.05, 4.69) is 16.3 Å². The van der Waals surface area contributed by atoms with Crippen LogP contribution in [0.15, 0.2) is 36.4 Å². The first-order valence-electron chi connectivity index (χ1n) is 11.0. The van der Waals surface area contributed by atoms with Gasteiger partial charge in [0, 0.05) is 26.2 Å². The van der Waals surface area contributed by atoms with Gasteiger partial charge in [0.25, 0.3) is 5.91 Å². The molecule has 2 amide bonds. The Morgan fingerprint density at radius 2 is 1.66 bits per heavy atom. The smallest absolute Gasteiger partial charge is 0.412 e. The van der Waals surface area contributed by atoms with Crippen molar-refractivity contribution in [1.29, 1.82) is 5.26 Å². The number of ether oxygens (including phenoxy) is 1. The van der Waals surface area contributed by atoms with Gasteiger partial charge in [-0.15, -0.1) is 0 Å². The van der Waals surface area contributed by atoms with Crippen LogP contribution in [0.2, 0.25) is 0 Å². The molecule has 1 unspecified atom stereocenters. The predicted molar refractivity (Wildman–Crippen MR) is 126 cm³/mol. The predicted octanol–water partition coefficient (Wildman–Crippen LogP) is 4.49. The van der Waals surface area contributed by atoms with E-state index in [1.54, 1.807) is 25.7 Å². The molecule has 0 bridgehead atoms. The number of hydrogen-bond acceptors (Lipinski definition) is 5. The van der Waals surface area contributed by atoms with Crippen molar-refractivity contribution in [3.8, 4) is 6.07 Å². The molecule has 1 heterocycles. The second kappa shape index (κ2) is 9.58. The van der Waals surface area contributed by atoms with Crippen molar-refractivity contribution in [3.05, 3.63) is 42.0 Å². The third-order valence-corrected chi connectivity index (χ3v) is 5.51. The number of carbonyl (C=O) groups is 2. The van der Waals surface area contributed by atoms with E-state index in [0.717, 1.165) is 10.8 Å². The van der Waals surface area contributed by atoms with Crippen LogP contribution in [0.25, 0.3) is 10.8 Å². The summed E-state index contributed by atoms with van der Waals surface area (Å²) in [7, 11) is 0. The second-order valence-electron chi connectivity index (χ2n) is 9.52. The zero-order valence-corrected chi connectivity index (χ0v) is 19.5. The maximum atomic E-state index is 13.5. The Bertz CT molecular complexity index is 1030. The summed E-state index contributed by atoms with van der Waals surface area (Å²) < 4.78 is 5.40. The highest BCUT2D eigenvalue weighted by Gasteiger charge is 2.29. The maximum Gasteiger partial charge on any atom is 0.412 e. The first-order chi connectivity index (χ1) is 15.1. The van der Waals surface area contributed by atoms with Crippen LogP contribution in [0.1, 0.15) is 45.0 Å². The van der Waals surface area contributed by atoms with Gasteiger partial charge in [0.05, 0.1) is 17.3 Å². The second-order valence-corrected chi connectivity index (χ2v) is 9.52. The van der Waals surface area contributed by atoms with E-state index in [9.17, 15) is 14.9 Å². The number of amides is 2. The van der Waals surface area contributed by atoms with Gasteiger partial charge in [-0.1, -0.05) is 38.1 Å². The molecule has 0 radical (unpaired) electrons. The highest BCUT2D eigenvalue weighted by Crippen LogP contribution is 2.27. The summed E-state index contributed by atoms with van der Waals surface area (Å²) in [6, 6.07) is 13.6. The fourth-order valence-electron chi connectivity index (χ4n) is 3.96. The minimum atomic E-state index is -0.644. The zero-order chi connectivity index (χ0) is 23.5. The molecule has 0 spiro atoms. The van der Waals surface area contributed by atoms with Crippen LogP contribution in [0.3, 0.4) is 0 Å². The molecular weight excluding hydrogens is 404 g/mol. The van der Waals surface area contributed by atoms with E-state index < -0.39 is 11.7 Å². The molecule has 170 valence electrons. The van der Waals surface area contributed by atoms with E-state index in [0.29, 0.717) is 37.4 Å².